The second-order valence-electron chi connectivity index (χ2n) is 9.46. The summed E-state index contributed by atoms with van der Waals surface area (Å²) in [7, 11) is 0. The maximum absolute atomic E-state index is 14.1. The van der Waals surface area contributed by atoms with Crippen molar-refractivity contribution in [2.75, 3.05) is 39.4 Å². The van der Waals surface area contributed by atoms with Crippen LogP contribution in [0.4, 0.5) is 4.39 Å². The van der Waals surface area contributed by atoms with Gasteiger partial charge >= 0.3 is 0 Å². The van der Waals surface area contributed by atoms with Gasteiger partial charge in [-0.1, -0.05) is 42.5 Å². The van der Waals surface area contributed by atoms with Crippen LogP contribution in [0.5, 0.6) is 0 Å². The number of carbonyl (C=O) groups is 1. The Balaban J connectivity index is 1.29. The average Bonchev–Trinajstić information content (AvgIpc) is 2.91. The SMILES string of the molecule is O=C(c1ccccc1CN1CCOCC1)N1CCC[C@@H](c2cccc(Cc3ccccc3F)n2)C1. The summed E-state index contributed by atoms with van der Waals surface area (Å²) in [6.07, 6.45) is 2.40. The standard InChI is InChI=1S/C29H32FN3O2/c30-27-12-4-2-7-22(27)19-25-10-5-13-28(31-25)24-9-6-14-33(21-24)29(34)26-11-3-1-8-23(26)20-32-15-17-35-18-16-32/h1-5,7-8,10-13,24H,6,9,14-21H2/t24-/m1/s1. The highest BCUT2D eigenvalue weighted by Gasteiger charge is 2.28. The number of nitrogens with zero attached hydrogens (tertiary/aromatic N) is 3. The minimum Gasteiger partial charge on any atom is -0.379 e. The molecule has 2 aliphatic heterocycles. The lowest BCUT2D eigenvalue weighted by Gasteiger charge is -2.33. The lowest BCUT2D eigenvalue weighted by Crippen LogP contribution is -2.40. The molecule has 0 spiro atoms. The Morgan fingerprint density at radius 2 is 1.71 bits per heavy atom. The first-order chi connectivity index (χ1) is 17.2. The first kappa shape index (κ1) is 23.6. The Morgan fingerprint density at radius 3 is 2.54 bits per heavy atom. The Kier molecular flexibility index (Phi) is 7.50. The van der Waals surface area contributed by atoms with Crippen LogP contribution in [-0.2, 0) is 17.7 Å². The third-order valence-corrected chi connectivity index (χ3v) is 7.03. The van der Waals surface area contributed by atoms with Crippen molar-refractivity contribution < 1.29 is 13.9 Å². The smallest absolute Gasteiger partial charge is 0.254 e. The fourth-order valence-electron chi connectivity index (χ4n) is 5.10. The summed E-state index contributed by atoms with van der Waals surface area (Å²) in [4.78, 5) is 22.8. The number of ether oxygens (including phenoxy) is 1. The van der Waals surface area contributed by atoms with E-state index in [0.717, 1.165) is 74.7 Å². The summed E-state index contributed by atoms with van der Waals surface area (Å²) in [5.41, 5.74) is 4.35. The summed E-state index contributed by atoms with van der Waals surface area (Å²) >= 11 is 0. The molecule has 6 heteroatoms. The highest BCUT2D eigenvalue weighted by Crippen LogP contribution is 2.28. The van der Waals surface area contributed by atoms with Gasteiger partial charge in [0, 0.05) is 62.0 Å². The van der Waals surface area contributed by atoms with Crippen molar-refractivity contribution in [3.63, 3.8) is 0 Å². The van der Waals surface area contributed by atoms with E-state index in [0.29, 0.717) is 18.5 Å². The van der Waals surface area contributed by atoms with Gasteiger partial charge < -0.3 is 9.64 Å². The van der Waals surface area contributed by atoms with Gasteiger partial charge in [-0.2, -0.15) is 0 Å². The molecule has 3 heterocycles. The number of rotatable bonds is 6. The molecule has 182 valence electrons. The molecule has 2 saturated heterocycles. The largest absolute Gasteiger partial charge is 0.379 e. The van der Waals surface area contributed by atoms with Crippen molar-refractivity contribution in [2.24, 2.45) is 0 Å². The molecule has 5 nitrogen and oxygen atoms in total. The van der Waals surface area contributed by atoms with Crippen molar-refractivity contribution in [3.8, 4) is 0 Å². The zero-order chi connectivity index (χ0) is 24.0. The Bertz CT molecular complexity index is 1160. The van der Waals surface area contributed by atoms with Crippen molar-refractivity contribution in [2.45, 2.75) is 31.7 Å². The zero-order valence-electron chi connectivity index (χ0n) is 20.0. The summed E-state index contributed by atoms with van der Waals surface area (Å²) in [5.74, 6) is 0.0747. The van der Waals surface area contributed by atoms with Crippen LogP contribution in [0.3, 0.4) is 0 Å². The quantitative estimate of drug-likeness (QED) is 0.522. The van der Waals surface area contributed by atoms with Crippen LogP contribution < -0.4 is 0 Å². The minimum absolute atomic E-state index is 0.0982. The number of morpholine rings is 1. The Hall–Kier alpha value is -3.09. The summed E-state index contributed by atoms with van der Waals surface area (Å²) < 4.78 is 19.6. The molecule has 1 atom stereocenters. The molecule has 0 radical (unpaired) electrons. The first-order valence-electron chi connectivity index (χ1n) is 12.5. The van der Waals surface area contributed by atoms with Crippen molar-refractivity contribution in [3.05, 3.63) is 101 Å². The van der Waals surface area contributed by atoms with Crippen LogP contribution >= 0.6 is 0 Å². The second-order valence-corrected chi connectivity index (χ2v) is 9.46. The van der Waals surface area contributed by atoms with Gasteiger partial charge in [-0.15, -0.1) is 0 Å². The molecular weight excluding hydrogens is 441 g/mol. The molecular formula is C29H32FN3O2. The van der Waals surface area contributed by atoms with Gasteiger partial charge in [0.2, 0.25) is 0 Å². The van der Waals surface area contributed by atoms with E-state index < -0.39 is 0 Å². The van der Waals surface area contributed by atoms with Crippen LogP contribution in [0.1, 0.15) is 51.6 Å². The van der Waals surface area contributed by atoms with E-state index in [1.165, 1.54) is 6.07 Å². The molecule has 1 aromatic heterocycles. The number of halogens is 1. The molecule has 35 heavy (non-hydrogen) atoms. The lowest BCUT2D eigenvalue weighted by molar-refractivity contribution is 0.0339. The fraction of sp³-hybridized carbons (Fsp3) is 0.379. The van der Waals surface area contributed by atoms with Gasteiger partial charge in [-0.25, -0.2) is 4.39 Å². The van der Waals surface area contributed by atoms with Crippen molar-refractivity contribution in [1.82, 2.24) is 14.8 Å². The molecule has 0 unspecified atom stereocenters. The first-order valence-corrected chi connectivity index (χ1v) is 12.5. The van der Waals surface area contributed by atoms with Gasteiger partial charge in [-0.3, -0.25) is 14.7 Å². The van der Waals surface area contributed by atoms with Gasteiger partial charge in [0.25, 0.3) is 5.91 Å². The molecule has 2 aromatic carbocycles. The lowest BCUT2D eigenvalue weighted by atomic mass is 9.93. The number of benzene rings is 2. The highest BCUT2D eigenvalue weighted by molar-refractivity contribution is 5.95. The molecule has 0 bridgehead atoms. The van der Waals surface area contributed by atoms with Gasteiger partial charge in [0.05, 0.1) is 13.2 Å². The normalized spacial score (nSPS) is 19.0. The van der Waals surface area contributed by atoms with Crippen LogP contribution in [0, 0.1) is 5.82 Å². The molecule has 0 saturated carbocycles. The number of pyridine rings is 1. The zero-order valence-corrected chi connectivity index (χ0v) is 20.0. The Morgan fingerprint density at radius 1 is 0.943 bits per heavy atom. The van der Waals surface area contributed by atoms with Crippen LogP contribution in [0.25, 0.3) is 0 Å². The highest BCUT2D eigenvalue weighted by atomic mass is 19.1. The van der Waals surface area contributed by atoms with Crippen molar-refractivity contribution >= 4 is 5.91 Å². The number of aromatic nitrogens is 1. The predicted molar refractivity (Wildman–Crippen MR) is 134 cm³/mol. The third-order valence-electron chi connectivity index (χ3n) is 7.03. The molecule has 2 fully saturated rings. The van der Waals surface area contributed by atoms with E-state index in [1.54, 1.807) is 12.1 Å². The molecule has 5 rings (SSSR count). The van der Waals surface area contributed by atoms with Crippen LogP contribution in [0.15, 0.2) is 66.7 Å². The summed E-state index contributed by atoms with van der Waals surface area (Å²) in [5, 5.41) is 0. The second kappa shape index (κ2) is 11.1. The van der Waals surface area contributed by atoms with Crippen LogP contribution in [0.2, 0.25) is 0 Å². The van der Waals surface area contributed by atoms with Crippen LogP contribution in [-0.4, -0.2) is 60.1 Å². The number of amides is 1. The number of hydrogen-bond donors (Lipinski definition) is 0. The monoisotopic (exact) mass is 473 g/mol. The van der Waals surface area contributed by atoms with Gasteiger partial charge in [0.1, 0.15) is 5.82 Å². The van der Waals surface area contributed by atoms with E-state index in [2.05, 4.69) is 11.0 Å². The third kappa shape index (κ3) is 5.77. The van der Waals surface area contributed by atoms with E-state index in [4.69, 9.17) is 9.72 Å². The molecule has 2 aliphatic rings. The molecule has 0 aliphatic carbocycles. The molecule has 1 amide bonds. The average molecular weight is 474 g/mol. The summed E-state index contributed by atoms with van der Waals surface area (Å²) in [6, 6.07) is 20.8. The van der Waals surface area contributed by atoms with E-state index in [9.17, 15) is 9.18 Å². The number of carbonyl (C=O) groups excluding carboxylic acids is 1. The van der Waals surface area contributed by atoms with Gasteiger partial charge in [-0.05, 0) is 48.2 Å². The fourth-order valence-corrected chi connectivity index (χ4v) is 5.10. The number of likely N-dealkylation sites (tertiary alicyclic amines) is 1. The molecule has 3 aromatic rings. The van der Waals surface area contributed by atoms with E-state index in [-0.39, 0.29) is 17.6 Å². The molecule has 0 N–H and O–H groups in total. The topological polar surface area (TPSA) is 45.7 Å². The number of hydrogen-bond acceptors (Lipinski definition) is 4. The van der Waals surface area contributed by atoms with E-state index >= 15 is 0 Å². The predicted octanol–water partition coefficient (Wildman–Crippen LogP) is 4.66. The maximum Gasteiger partial charge on any atom is 0.254 e. The van der Waals surface area contributed by atoms with Gasteiger partial charge in [0.15, 0.2) is 0 Å². The maximum atomic E-state index is 14.1. The summed E-state index contributed by atoms with van der Waals surface area (Å²) in [6.45, 7) is 5.45. The van der Waals surface area contributed by atoms with E-state index in [1.807, 2.05) is 47.4 Å². The van der Waals surface area contributed by atoms with Crippen molar-refractivity contribution in [1.29, 1.82) is 0 Å². The Labute approximate surface area is 206 Å². The number of piperidine rings is 1. The minimum atomic E-state index is -0.204.